The zero-order valence-corrected chi connectivity index (χ0v) is 42.3. The van der Waals surface area contributed by atoms with Crippen molar-refractivity contribution in [2.75, 3.05) is 18.0 Å². The van der Waals surface area contributed by atoms with Gasteiger partial charge in [0, 0.05) is 13.1 Å². The number of unbranched alkanes of at least 4 members (excludes halogenated alkanes) is 4. The van der Waals surface area contributed by atoms with Crippen LogP contribution in [0.1, 0.15) is 134 Å². The Labute approximate surface area is 387 Å². The number of carbonyl (C=O) groups excluding carboxylic acids is 6. The molecule has 3 aromatic heterocycles. The summed E-state index contributed by atoms with van der Waals surface area (Å²) in [4.78, 5) is 77.8. The number of imide groups is 3. The van der Waals surface area contributed by atoms with E-state index in [-0.39, 0.29) is 35.4 Å². The van der Waals surface area contributed by atoms with Crippen LogP contribution in [0.2, 0.25) is 0 Å². The summed E-state index contributed by atoms with van der Waals surface area (Å²) in [5.41, 5.74) is 3.57. The SMILES string of the molecule is CCCCC(CC)CN1C(=O)c2c(Br)sc(Br)c2C1=O.CCCCCCN1C(=O)c2c(Br)sc(Br)c2C1=O.O=C1c2c(Br)sc(Br)c2C(=O)N1c1ccccc1. The highest BCUT2D eigenvalue weighted by Gasteiger charge is 2.43. The Balaban J connectivity index is 0.000000161. The molecule has 6 amide bonds. The third-order valence-corrected chi connectivity index (χ3v) is 17.0. The summed E-state index contributed by atoms with van der Waals surface area (Å²) in [6, 6.07) is 8.92. The van der Waals surface area contributed by atoms with Gasteiger partial charge in [0.25, 0.3) is 35.4 Å². The van der Waals surface area contributed by atoms with Gasteiger partial charge in [0.2, 0.25) is 0 Å². The lowest BCUT2D eigenvalue weighted by Crippen LogP contribution is -2.34. The molecule has 1 atom stereocenters. The molecule has 298 valence electrons. The zero-order chi connectivity index (χ0) is 41.0. The number of halogens is 6. The smallest absolute Gasteiger partial charge is 0.268 e. The predicted octanol–water partition coefficient (Wildman–Crippen LogP) is 13.6. The number of thiophene rings is 3. The summed E-state index contributed by atoms with van der Waals surface area (Å²) in [6.45, 7) is 7.47. The molecule has 7 rings (SSSR count). The van der Waals surface area contributed by atoms with Gasteiger partial charge in [-0.2, -0.15) is 0 Å². The molecule has 0 bridgehead atoms. The van der Waals surface area contributed by atoms with Gasteiger partial charge in [-0.05, 0) is 126 Å². The highest BCUT2D eigenvalue weighted by Crippen LogP contribution is 2.45. The van der Waals surface area contributed by atoms with E-state index < -0.39 is 0 Å². The average molecular weight is 1210 g/mol. The molecule has 0 radical (unpaired) electrons. The molecular weight excluding hydrogens is 1170 g/mol. The van der Waals surface area contributed by atoms with E-state index in [2.05, 4.69) is 116 Å². The molecule has 6 heterocycles. The summed E-state index contributed by atoms with van der Waals surface area (Å²) < 4.78 is 4.31. The van der Waals surface area contributed by atoms with Crippen LogP contribution in [-0.2, 0) is 0 Å². The molecular formula is C38H35Br6N3O6S3. The first-order valence-electron chi connectivity index (χ1n) is 17.8. The van der Waals surface area contributed by atoms with Gasteiger partial charge in [0.05, 0.1) is 61.8 Å². The van der Waals surface area contributed by atoms with Crippen LogP contribution in [0.25, 0.3) is 0 Å². The minimum atomic E-state index is -0.282. The van der Waals surface area contributed by atoms with Crippen molar-refractivity contribution in [3.05, 3.63) is 86.4 Å². The first kappa shape index (κ1) is 45.7. The van der Waals surface area contributed by atoms with Crippen LogP contribution in [-0.4, -0.2) is 58.3 Å². The lowest BCUT2D eigenvalue weighted by Gasteiger charge is -2.21. The number of carbonyl (C=O) groups is 6. The van der Waals surface area contributed by atoms with Crippen molar-refractivity contribution < 1.29 is 28.8 Å². The molecule has 0 N–H and O–H groups in total. The van der Waals surface area contributed by atoms with Gasteiger partial charge >= 0.3 is 0 Å². The van der Waals surface area contributed by atoms with Crippen LogP contribution in [0.15, 0.2) is 53.1 Å². The van der Waals surface area contributed by atoms with E-state index in [1.165, 1.54) is 48.7 Å². The van der Waals surface area contributed by atoms with E-state index in [9.17, 15) is 28.8 Å². The normalized spacial score (nSPS) is 14.9. The molecule has 3 aliphatic heterocycles. The highest BCUT2D eigenvalue weighted by molar-refractivity contribution is 9.13. The summed E-state index contributed by atoms with van der Waals surface area (Å²) in [7, 11) is 0. The Morgan fingerprint density at radius 2 is 0.893 bits per heavy atom. The highest BCUT2D eigenvalue weighted by atomic mass is 79.9. The van der Waals surface area contributed by atoms with E-state index in [0.717, 1.165) is 66.5 Å². The first-order chi connectivity index (χ1) is 26.7. The maximum absolute atomic E-state index is 12.4. The second kappa shape index (κ2) is 20.3. The standard InChI is InChI=1S/C14H17Br2NO2S.C12H5Br2NO2S.C12H13Br2NO2S/c1-3-5-6-8(4-2)7-17-13(18)9-10(14(17)19)12(16)20-11(9)15;13-9-7-8(10(14)18-9)12(17)15(11(7)16)6-4-2-1-3-5-6;1-2-3-4-5-6-15-11(16)7-8(12(15)17)10(14)18-9(7)13/h8H,3-7H2,1-2H3;1-5H;2-6H2,1H3. The number of para-hydroxylation sites is 1. The number of benzene rings is 1. The van der Waals surface area contributed by atoms with Crippen molar-refractivity contribution in [3.8, 4) is 0 Å². The zero-order valence-electron chi connectivity index (χ0n) is 30.3. The maximum atomic E-state index is 12.4. The van der Waals surface area contributed by atoms with Crippen molar-refractivity contribution in [1.82, 2.24) is 9.80 Å². The van der Waals surface area contributed by atoms with Crippen LogP contribution in [0, 0.1) is 5.92 Å². The van der Waals surface area contributed by atoms with Crippen LogP contribution in [0.4, 0.5) is 5.69 Å². The number of amides is 6. The van der Waals surface area contributed by atoms with Gasteiger partial charge < -0.3 is 0 Å². The average Bonchev–Trinajstić information content (AvgIpc) is 3.94. The number of hydrogen-bond donors (Lipinski definition) is 0. The van der Waals surface area contributed by atoms with Crippen molar-refractivity contribution in [1.29, 1.82) is 0 Å². The van der Waals surface area contributed by atoms with E-state index >= 15 is 0 Å². The Hall–Kier alpha value is -1.38. The summed E-state index contributed by atoms with van der Waals surface area (Å²) in [5.74, 6) is -0.818. The molecule has 4 aromatic rings. The summed E-state index contributed by atoms with van der Waals surface area (Å²) in [6.07, 6.45) is 8.57. The second-order valence-electron chi connectivity index (χ2n) is 12.9. The van der Waals surface area contributed by atoms with E-state index in [0.29, 0.717) is 65.6 Å². The Bertz CT molecular complexity index is 2080. The number of rotatable bonds is 12. The second-order valence-corrected chi connectivity index (χ2v) is 23.9. The van der Waals surface area contributed by atoms with Crippen LogP contribution in [0.3, 0.4) is 0 Å². The third kappa shape index (κ3) is 9.33. The van der Waals surface area contributed by atoms with Gasteiger partial charge in [-0.3, -0.25) is 38.6 Å². The molecule has 0 aliphatic carbocycles. The van der Waals surface area contributed by atoms with E-state index in [4.69, 9.17) is 0 Å². The van der Waals surface area contributed by atoms with Crippen LogP contribution in [0.5, 0.6) is 0 Å². The molecule has 3 aliphatic rings. The third-order valence-electron chi connectivity index (χ3n) is 9.37. The van der Waals surface area contributed by atoms with Gasteiger partial charge in [0.15, 0.2) is 0 Å². The predicted molar refractivity (Wildman–Crippen MR) is 245 cm³/mol. The quantitative estimate of drug-likeness (QED) is 0.103. The number of anilines is 1. The van der Waals surface area contributed by atoms with Crippen molar-refractivity contribution in [2.24, 2.45) is 5.92 Å². The fourth-order valence-corrected chi connectivity index (χ4v) is 15.7. The maximum Gasteiger partial charge on any atom is 0.268 e. The van der Waals surface area contributed by atoms with Gasteiger partial charge in [-0.15, -0.1) is 34.0 Å². The van der Waals surface area contributed by atoms with Gasteiger partial charge in [-0.1, -0.05) is 77.5 Å². The fourth-order valence-electron chi connectivity index (χ4n) is 6.37. The van der Waals surface area contributed by atoms with Gasteiger partial charge in [-0.25, -0.2) is 4.90 Å². The monoisotopic (exact) mass is 1200 g/mol. The lowest BCUT2D eigenvalue weighted by molar-refractivity contribution is 0.0616. The lowest BCUT2D eigenvalue weighted by atomic mass is 9.99. The summed E-state index contributed by atoms with van der Waals surface area (Å²) in [5, 5.41) is 0. The molecule has 9 nitrogen and oxygen atoms in total. The van der Waals surface area contributed by atoms with Crippen LogP contribution >= 0.6 is 130 Å². The van der Waals surface area contributed by atoms with Crippen molar-refractivity contribution in [2.45, 2.75) is 72.1 Å². The Morgan fingerprint density at radius 3 is 1.29 bits per heavy atom. The van der Waals surface area contributed by atoms with Crippen LogP contribution < -0.4 is 4.90 Å². The minimum Gasteiger partial charge on any atom is -0.274 e. The fraction of sp³-hybridized carbons (Fsp3) is 0.368. The molecule has 0 saturated carbocycles. The molecule has 1 unspecified atom stereocenters. The number of hydrogen-bond acceptors (Lipinski definition) is 9. The molecule has 0 spiro atoms. The van der Waals surface area contributed by atoms with Gasteiger partial charge in [0.1, 0.15) is 0 Å². The number of fused-ring (bicyclic) bond motifs is 3. The number of nitrogens with zero attached hydrogens (tertiary/aromatic N) is 3. The first-order valence-corrected chi connectivity index (χ1v) is 25.0. The molecule has 0 fully saturated rings. The van der Waals surface area contributed by atoms with Crippen molar-refractivity contribution in [3.63, 3.8) is 0 Å². The molecule has 18 heteroatoms. The molecule has 1 aromatic carbocycles. The Morgan fingerprint density at radius 1 is 0.500 bits per heavy atom. The van der Waals surface area contributed by atoms with E-state index in [1.807, 2.05) is 6.07 Å². The van der Waals surface area contributed by atoms with E-state index in [1.54, 1.807) is 24.3 Å². The minimum absolute atomic E-state index is 0.159. The van der Waals surface area contributed by atoms with Crippen molar-refractivity contribution >= 4 is 171 Å². The topological polar surface area (TPSA) is 112 Å². The Kier molecular flexibility index (Phi) is 16.5. The summed E-state index contributed by atoms with van der Waals surface area (Å²) >= 11 is 24.2. The molecule has 56 heavy (non-hydrogen) atoms. The molecule has 0 saturated heterocycles. The largest absolute Gasteiger partial charge is 0.274 e.